The van der Waals surface area contributed by atoms with Crippen LogP contribution < -0.4 is 10.1 Å². The molecule has 0 bridgehead atoms. The smallest absolute Gasteiger partial charge is 0.410 e. The van der Waals surface area contributed by atoms with Gasteiger partial charge in [-0.25, -0.2) is 4.79 Å². The number of carbonyl (C=O) groups excluding carboxylic acids is 1. The van der Waals surface area contributed by atoms with Crippen molar-refractivity contribution in [1.82, 2.24) is 5.32 Å². The first-order valence-electron chi connectivity index (χ1n) is 5.49. The minimum Gasteiger partial charge on any atom is -0.410 e. The topological polar surface area (TPSA) is 38.3 Å². The van der Waals surface area contributed by atoms with Gasteiger partial charge in [0.2, 0.25) is 0 Å². The zero-order chi connectivity index (χ0) is 12.2. The second-order valence-electron chi connectivity index (χ2n) is 4.40. The van der Waals surface area contributed by atoms with Crippen LogP contribution in [0.1, 0.15) is 32.8 Å². The van der Waals surface area contributed by atoms with E-state index in [-0.39, 0.29) is 5.41 Å². The van der Waals surface area contributed by atoms with Gasteiger partial charge in [0.15, 0.2) is 0 Å². The van der Waals surface area contributed by atoms with Gasteiger partial charge in [-0.2, -0.15) is 0 Å². The third-order valence-corrected chi connectivity index (χ3v) is 2.93. The minimum absolute atomic E-state index is 0.158. The van der Waals surface area contributed by atoms with E-state index in [2.05, 4.69) is 26.1 Å². The van der Waals surface area contributed by atoms with Crippen LogP contribution >= 0.6 is 0 Å². The summed E-state index contributed by atoms with van der Waals surface area (Å²) in [5.41, 5.74) is 1.41. The molecule has 1 amide bonds. The van der Waals surface area contributed by atoms with Gasteiger partial charge in [-0.1, -0.05) is 32.9 Å². The predicted octanol–water partition coefficient (Wildman–Crippen LogP) is 3.09. The number of hydrogen-bond acceptors (Lipinski definition) is 2. The third-order valence-electron chi connectivity index (χ3n) is 2.93. The summed E-state index contributed by atoms with van der Waals surface area (Å²) in [5.74, 6) is 0.565. The van der Waals surface area contributed by atoms with Crippen LogP contribution in [0.15, 0.2) is 24.3 Å². The number of carbonyl (C=O) groups is 1. The molecular formula is C13H19NO2. The Morgan fingerprint density at radius 3 is 2.31 bits per heavy atom. The Hall–Kier alpha value is -1.51. The van der Waals surface area contributed by atoms with Crippen LogP contribution in [0.25, 0.3) is 0 Å². The van der Waals surface area contributed by atoms with Crippen molar-refractivity contribution in [2.45, 2.75) is 32.6 Å². The standard InChI is InChI=1S/C13H19NO2/c1-5-13(2,3)10-6-8-11(9-7-10)16-12(15)14-4/h6-9H,5H2,1-4H3,(H,14,15). The fourth-order valence-corrected chi connectivity index (χ4v) is 1.34. The fraction of sp³-hybridized carbons (Fsp3) is 0.462. The first-order valence-corrected chi connectivity index (χ1v) is 5.49. The van der Waals surface area contributed by atoms with Gasteiger partial charge in [-0.15, -0.1) is 0 Å². The lowest BCUT2D eigenvalue weighted by atomic mass is 9.82. The minimum atomic E-state index is -0.442. The van der Waals surface area contributed by atoms with Crippen molar-refractivity contribution in [3.8, 4) is 5.75 Å². The van der Waals surface area contributed by atoms with Gasteiger partial charge >= 0.3 is 6.09 Å². The van der Waals surface area contributed by atoms with E-state index >= 15 is 0 Å². The number of amides is 1. The Bertz CT molecular complexity index is 355. The second kappa shape index (κ2) is 5.01. The summed E-state index contributed by atoms with van der Waals surface area (Å²) in [6.45, 7) is 6.55. The molecule has 1 N–H and O–H groups in total. The SMILES string of the molecule is CCC(C)(C)c1ccc(OC(=O)NC)cc1. The summed E-state index contributed by atoms with van der Waals surface area (Å²) >= 11 is 0. The van der Waals surface area contributed by atoms with Crippen molar-refractivity contribution in [3.63, 3.8) is 0 Å². The van der Waals surface area contributed by atoms with E-state index in [4.69, 9.17) is 4.74 Å². The van der Waals surface area contributed by atoms with Gasteiger partial charge < -0.3 is 10.1 Å². The summed E-state index contributed by atoms with van der Waals surface area (Å²) in [7, 11) is 1.54. The molecule has 0 aromatic heterocycles. The maximum absolute atomic E-state index is 11.0. The maximum atomic E-state index is 11.0. The maximum Gasteiger partial charge on any atom is 0.412 e. The van der Waals surface area contributed by atoms with Gasteiger partial charge in [0.1, 0.15) is 5.75 Å². The van der Waals surface area contributed by atoms with Crippen molar-refractivity contribution in [2.24, 2.45) is 0 Å². The highest BCUT2D eigenvalue weighted by Gasteiger charge is 2.17. The molecule has 0 spiro atoms. The molecule has 0 saturated carbocycles. The molecule has 0 radical (unpaired) electrons. The second-order valence-corrected chi connectivity index (χ2v) is 4.40. The highest BCUT2D eigenvalue weighted by atomic mass is 16.5. The Kier molecular flexibility index (Phi) is 3.93. The average molecular weight is 221 g/mol. The van der Waals surface area contributed by atoms with Crippen LogP contribution in [0.2, 0.25) is 0 Å². The van der Waals surface area contributed by atoms with Gasteiger partial charge in [0, 0.05) is 7.05 Å². The van der Waals surface area contributed by atoms with Crippen molar-refractivity contribution in [3.05, 3.63) is 29.8 Å². The van der Waals surface area contributed by atoms with Crippen molar-refractivity contribution in [1.29, 1.82) is 0 Å². The molecule has 0 heterocycles. The molecule has 0 aliphatic rings. The molecule has 0 atom stereocenters. The molecule has 0 saturated heterocycles. The number of ether oxygens (including phenoxy) is 1. The van der Waals surface area contributed by atoms with Crippen molar-refractivity contribution >= 4 is 6.09 Å². The summed E-state index contributed by atoms with van der Waals surface area (Å²) in [5, 5.41) is 2.41. The molecule has 1 aromatic carbocycles. The van der Waals surface area contributed by atoms with E-state index in [1.807, 2.05) is 24.3 Å². The lowest BCUT2D eigenvalue weighted by molar-refractivity contribution is 0.203. The van der Waals surface area contributed by atoms with E-state index in [1.165, 1.54) is 12.6 Å². The average Bonchev–Trinajstić information content (AvgIpc) is 2.29. The summed E-state index contributed by atoms with van der Waals surface area (Å²) in [4.78, 5) is 11.0. The Labute approximate surface area is 96.8 Å². The van der Waals surface area contributed by atoms with Crippen LogP contribution in [0.3, 0.4) is 0 Å². The van der Waals surface area contributed by atoms with Crippen LogP contribution in [0, 0.1) is 0 Å². The van der Waals surface area contributed by atoms with E-state index in [1.54, 1.807) is 0 Å². The number of rotatable bonds is 3. The van der Waals surface area contributed by atoms with Crippen LogP contribution in [0.5, 0.6) is 5.75 Å². The molecule has 88 valence electrons. The summed E-state index contributed by atoms with van der Waals surface area (Å²) in [6.07, 6.45) is 0.630. The van der Waals surface area contributed by atoms with Gasteiger partial charge in [-0.05, 0) is 29.5 Å². The molecule has 3 heteroatoms. The zero-order valence-corrected chi connectivity index (χ0v) is 10.3. The summed E-state index contributed by atoms with van der Waals surface area (Å²) in [6, 6.07) is 7.65. The highest BCUT2D eigenvalue weighted by molar-refractivity contribution is 5.69. The number of benzene rings is 1. The molecule has 3 nitrogen and oxygen atoms in total. The highest BCUT2D eigenvalue weighted by Crippen LogP contribution is 2.27. The van der Waals surface area contributed by atoms with E-state index in [9.17, 15) is 4.79 Å². The molecule has 0 fully saturated rings. The third kappa shape index (κ3) is 2.99. The molecule has 0 aliphatic carbocycles. The van der Waals surface area contributed by atoms with Gasteiger partial charge in [0.05, 0.1) is 0 Å². The Balaban J connectivity index is 2.79. The molecule has 1 rings (SSSR count). The first kappa shape index (κ1) is 12.6. The molecule has 16 heavy (non-hydrogen) atoms. The van der Waals surface area contributed by atoms with Gasteiger partial charge in [-0.3, -0.25) is 0 Å². The molecule has 1 aromatic rings. The number of nitrogens with one attached hydrogen (secondary N) is 1. The predicted molar refractivity (Wildman–Crippen MR) is 64.8 cm³/mol. The first-order chi connectivity index (χ1) is 7.49. The lowest BCUT2D eigenvalue weighted by Crippen LogP contribution is -2.22. The van der Waals surface area contributed by atoms with Crippen molar-refractivity contribution < 1.29 is 9.53 Å². The largest absolute Gasteiger partial charge is 0.412 e. The Morgan fingerprint density at radius 2 is 1.88 bits per heavy atom. The van der Waals surface area contributed by atoms with Gasteiger partial charge in [0.25, 0.3) is 0 Å². The van der Waals surface area contributed by atoms with Crippen LogP contribution in [0.4, 0.5) is 4.79 Å². The number of hydrogen-bond donors (Lipinski definition) is 1. The van der Waals surface area contributed by atoms with Crippen molar-refractivity contribution in [2.75, 3.05) is 7.05 Å². The normalized spacial score (nSPS) is 11.0. The van der Waals surface area contributed by atoms with E-state index in [0.717, 1.165) is 6.42 Å². The fourth-order valence-electron chi connectivity index (χ4n) is 1.34. The van der Waals surface area contributed by atoms with Crippen LogP contribution in [-0.4, -0.2) is 13.1 Å². The van der Waals surface area contributed by atoms with E-state index in [0.29, 0.717) is 5.75 Å². The Morgan fingerprint density at radius 1 is 1.31 bits per heavy atom. The van der Waals surface area contributed by atoms with E-state index < -0.39 is 6.09 Å². The molecule has 0 aliphatic heterocycles. The van der Waals surface area contributed by atoms with Crippen LogP contribution in [-0.2, 0) is 5.41 Å². The monoisotopic (exact) mass is 221 g/mol. The summed E-state index contributed by atoms with van der Waals surface area (Å²) < 4.78 is 5.01. The quantitative estimate of drug-likeness (QED) is 0.851. The lowest BCUT2D eigenvalue weighted by Gasteiger charge is -2.23. The molecule has 0 unspecified atom stereocenters. The zero-order valence-electron chi connectivity index (χ0n) is 10.3. The molecular weight excluding hydrogens is 202 g/mol.